The van der Waals surface area contributed by atoms with E-state index in [0.29, 0.717) is 6.42 Å². The number of amides is 1. The highest BCUT2D eigenvalue weighted by Gasteiger charge is 2.26. The largest absolute Gasteiger partial charge is 0.487 e. The van der Waals surface area contributed by atoms with Gasteiger partial charge in [-0.1, -0.05) is 42.5 Å². The predicted octanol–water partition coefficient (Wildman–Crippen LogP) is 1.99. The van der Waals surface area contributed by atoms with Crippen LogP contribution in [0.2, 0.25) is 0 Å². The van der Waals surface area contributed by atoms with Crippen LogP contribution in [0.4, 0.5) is 4.79 Å². The van der Waals surface area contributed by atoms with E-state index in [4.69, 9.17) is 14.2 Å². The summed E-state index contributed by atoms with van der Waals surface area (Å²) in [5.74, 6) is 0.175. The molecule has 2 aromatic carbocycles. The first-order valence-corrected chi connectivity index (χ1v) is 9.03. The van der Waals surface area contributed by atoms with Gasteiger partial charge in [0.2, 0.25) is 0 Å². The molecule has 0 radical (unpaired) electrons. The number of esters is 1. The van der Waals surface area contributed by atoms with Gasteiger partial charge in [0.1, 0.15) is 24.5 Å². The molecule has 3 rings (SSSR count). The van der Waals surface area contributed by atoms with E-state index < -0.39 is 18.1 Å². The van der Waals surface area contributed by atoms with E-state index >= 15 is 0 Å². The number of alkyl carbamates (subject to hydrolysis) is 1. The summed E-state index contributed by atoms with van der Waals surface area (Å²) in [5.41, 5.74) is 2.66. The van der Waals surface area contributed by atoms with Gasteiger partial charge in [-0.3, -0.25) is 0 Å². The van der Waals surface area contributed by atoms with Crippen molar-refractivity contribution in [3.8, 4) is 5.75 Å². The van der Waals surface area contributed by atoms with Crippen LogP contribution < -0.4 is 10.1 Å². The Kier molecular flexibility index (Phi) is 6.49. The standard InChI is InChI=1S/C21H23NO6/c1-26-20(24)18(22-21(25)27-13-14-5-3-2-4-6-14)10-15-7-8-19-16(9-15)11-17(12-23)28-19/h2-9,17-18,23H,10-13H2,1H3,(H,22,25)/t17?,18-/m0/s1. The normalized spacial score (nSPS) is 15.9. The Morgan fingerprint density at radius 3 is 2.71 bits per heavy atom. The van der Waals surface area contributed by atoms with Crippen molar-refractivity contribution in [2.24, 2.45) is 0 Å². The second kappa shape index (κ2) is 9.23. The van der Waals surface area contributed by atoms with Crippen molar-refractivity contribution in [3.63, 3.8) is 0 Å². The van der Waals surface area contributed by atoms with Crippen LogP contribution in [-0.4, -0.2) is 43.0 Å². The molecule has 0 saturated carbocycles. The van der Waals surface area contributed by atoms with E-state index in [0.717, 1.165) is 22.4 Å². The van der Waals surface area contributed by atoms with Crippen molar-refractivity contribution in [3.05, 3.63) is 65.2 Å². The maximum Gasteiger partial charge on any atom is 0.408 e. The number of carbonyl (C=O) groups is 2. The van der Waals surface area contributed by atoms with Gasteiger partial charge in [0.05, 0.1) is 13.7 Å². The number of benzene rings is 2. The first kappa shape index (κ1) is 19.7. The minimum Gasteiger partial charge on any atom is -0.487 e. The third-order valence-electron chi connectivity index (χ3n) is 4.50. The van der Waals surface area contributed by atoms with Crippen molar-refractivity contribution in [1.29, 1.82) is 0 Å². The van der Waals surface area contributed by atoms with Crippen LogP contribution in [0.1, 0.15) is 16.7 Å². The van der Waals surface area contributed by atoms with Gasteiger partial charge < -0.3 is 24.6 Å². The Hall–Kier alpha value is -3.06. The van der Waals surface area contributed by atoms with E-state index in [-0.39, 0.29) is 25.7 Å². The van der Waals surface area contributed by atoms with Gasteiger partial charge in [-0.05, 0) is 22.8 Å². The summed E-state index contributed by atoms with van der Waals surface area (Å²) >= 11 is 0. The van der Waals surface area contributed by atoms with Crippen LogP contribution in [0.3, 0.4) is 0 Å². The number of ether oxygens (including phenoxy) is 3. The molecule has 1 aliphatic heterocycles. The first-order chi connectivity index (χ1) is 13.6. The lowest BCUT2D eigenvalue weighted by molar-refractivity contribution is -0.143. The molecule has 2 atom stereocenters. The van der Waals surface area contributed by atoms with Gasteiger partial charge >= 0.3 is 12.1 Å². The van der Waals surface area contributed by atoms with Crippen LogP contribution in [0.25, 0.3) is 0 Å². The van der Waals surface area contributed by atoms with E-state index in [1.807, 2.05) is 48.5 Å². The Labute approximate surface area is 163 Å². The van der Waals surface area contributed by atoms with Gasteiger partial charge in [-0.15, -0.1) is 0 Å². The van der Waals surface area contributed by atoms with Crippen molar-refractivity contribution in [1.82, 2.24) is 5.32 Å². The molecule has 0 fully saturated rings. The zero-order valence-corrected chi connectivity index (χ0v) is 15.6. The van der Waals surface area contributed by atoms with Crippen LogP contribution in [-0.2, 0) is 33.7 Å². The smallest absolute Gasteiger partial charge is 0.408 e. The molecule has 2 aromatic rings. The molecule has 0 spiro atoms. The van der Waals surface area contributed by atoms with Crippen molar-refractivity contribution in [2.75, 3.05) is 13.7 Å². The summed E-state index contributed by atoms with van der Waals surface area (Å²) < 4.78 is 15.6. The van der Waals surface area contributed by atoms with Crippen molar-refractivity contribution >= 4 is 12.1 Å². The number of fused-ring (bicyclic) bond motifs is 1. The summed E-state index contributed by atoms with van der Waals surface area (Å²) in [4.78, 5) is 24.2. The molecule has 1 amide bonds. The Morgan fingerprint density at radius 1 is 1.21 bits per heavy atom. The van der Waals surface area contributed by atoms with Crippen LogP contribution >= 0.6 is 0 Å². The maximum atomic E-state index is 12.1. The first-order valence-electron chi connectivity index (χ1n) is 9.03. The lowest BCUT2D eigenvalue weighted by Gasteiger charge is -2.17. The van der Waals surface area contributed by atoms with Gasteiger partial charge in [-0.2, -0.15) is 0 Å². The fourth-order valence-corrected chi connectivity index (χ4v) is 3.08. The Morgan fingerprint density at radius 2 is 2.00 bits per heavy atom. The van der Waals surface area contributed by atoms with Gasteiger partial charge in [0.15, 0.2) is 0 Å². The second-order valence-electron chi connectivity index (χ2n) is 6.55. The highest BCUT2D eigenvalue weighted by molar-refractivity contribution is 5.81. The number of hydrogen-bond acceptors (Lipinski definition) is 6. The van der Waals surface area contributed by atoms with Gasteiger partial charge in [0, 0.05) is 12.8 Å². The van der Waals surface area contributed by atoms with Crippen molar-refractivity contribution < 1.29 is 28.9 Å². The molecule has 0 aliphatic carbocycles. The molecular formula is C21H23NO6. The van der Waals surface area contributed by atoms with Crippen LogP contribution in [0, 0.1) is 0 Å². The molecule has 1 aliphatic rings. The average molecular weight is 385 g/mol. The summed E-state index contributed by atoms with van der Waals surface area (Å²) in [5, 5.41) is 11.8. The van der Waals surface area contributed by atoms with E-state index in [9.17, 15) is 14.7 Å². The fourth-order valence-electron chi connectivity index (χ4n) is 3.08. The zero-order valence-electron chi connectivity index (χ0n) is 15.6. The maximum absolute atomic E-state index is 12.1. The molecule has 28 heavy (non-hydrogen) atoms. The Bertz CT molecular complexity index is 823. The molecule has 1 unspecified atom stereocenters. The highest BCUT2D eigenvalue weighted by atomic mass is 16.6. The number of nitrogens with one attached hydrogen (secondary N) is 1. The van der Waals surface area contributed by atoms with Gasteiger partial charge in [0.25, 0.3) is 0 Å². The monoisotopic (exact) mass is 385 g/mol. The van der Waals surface area contributed by atoms with E-state index in [1.54, 1.807) is 0 Å². The van der Waals surface area contributed by atoms with E-state index in [1.165, 1.54) is 7.11 Å². The molecule has 7 heteroatoms. The summed E-state index contributed by atoms with van der Waals surface area (Å²) in [7, 11) is 1.27. The molecule has 0 bridgehead atoms. The topological polar surface area (TPSA) is 94.1 Å². The van der Waals surface area contributed by atoms with Crippen molar-refractivity contribution in [2.45, 2.75) is 31.6 Å². The summed E-state index contributed by atoms with van der Waals surface area (Å²) in [6.07, 6.45) is -0.0731. The molecule has 2 N–H and O–H groups in total. The highest BCUT2D eigenvalue weighted by Crippen LogP contribution is 2.29. The fraction of sp³-hybridized carbons (Fsp3) is 0.333. The molecule has 7 nitrogen and oxygen atoms in total. The minimum atomic E-state index is -0.873. The minimum absolute atomic E-state index is 0.0520. The number of rotatable bonds is 7. The molecule has 148 valence electrons. The Balaban J connectivity index is 1.61. The number of aliphatic hydroxyl groups is 1. The number of hydrogen-bond donors (Lipinski definition) is 2. The lowest BCUT2D eigenvalue weighted by atomic mass is 10.0. The average Bonchev–Trinajstić information content (AvgIpc) is 3.14. The second-order valence-corrected chi connectivity index (χ2v) is 6.55. The number of methoxy groups -OCH3 is 1. The third kappa shape index (κ3) is 5.01. The zero-order chi connectivity index (χ0) is 19.9. The molecule has 1 heterocycles. The number of carbonyl (C=O) groups excluding carboxylic acids is 2. The molecular weight excluding hydrogens is 362 g/mol. The van der Waals surface area contributed by atoms with Crippen LogP contribution in [0.15, 0.2) is 48.5 Å². The quantitative estimate of drug-likeness (QED) is 0.708. The summed E-state index contributed by atoms with van der Waals surface area (Å²) in [6.45, 7) is 0.0584. The summed E-state index contributed by atoms with van der Waals surface area (Å²) in [6, 6.07) is 13.9. The molecule has 0 aromatic heterocycles. The third-order valence-corrected chi connectivity index (χ3v) is 4.50. The van der Waals surface area contributed by atoms with E-state index in [2.05, 4.69) is 5.32 Å². The predicted molar refractivity (Wildman–Crippen MR) is 101 cm³/mol. The number of aliphatic hydroxyl groups excluding tert-OH is 1. The van der Waals surface area contributed by atoms with Crippen LogP contribution in [0.5, 0.6) is 5.75 Å². The lowest BCUT2D eigenvalue weighted by Crippen LogP contribution is -2.43. The molecule has 0 saturated heterocycles. The SMILES string of the molecule is COC(=O)[C@H](Cc1ccc2c(c1)CC(CO)O2)NC(=O)OCc1ccccc1. The van der Waals surface area contributed by atoms with Gasteiger partial charge in [-0.25, -0.2) is 9.59 Å².